The highest BCUT2D eigenvalue weighted by atomic mass is 15.1. The highest BCUT2D eigenvalue weighted by molar-refractivity contribution is 6.27. The van der Waals surface area contributed by atoms with E-state index in [-0.39, 0.29) is 11.1 Å². The Kier molecular flexibility index (Phi) is 12.9. The number of aryl methyl sites for hydroxylation is 2. The van der Waals surface area contributed by atoms with E-state index >= 15 is 0 Å². The second kappa shape index (κ2) is 21.4. The van der Waals surface area contributed by atoms with Crippen LogP contribution < -0.4 is 20.4 Å². The van der Waals surface area contributed by atoms with Crippen molar-refractivity contribution in [2.45, 2.75) is 13.8 Å². The fourth-order valence-corrected chi connectivity index (χ4v) is 11.3. The molecule has 2 aliphatic rings. The van der Waals surface area contributed by atoms with E-state index in [1.165, 1.54) is 21.5 Å². The number of nitrogens with zero attached hydrogens (tertiary/aromatic N) is 8. The van der Waals surface area contributed by atoms with Crippen LogP contribution in [-0.4, -0.2) is 21.6 Å². The first-order valence-electron chi connectivity index (χ1n) is 27.7. The molecule has 10 heteroatoms. The first-order valence-corrected chi connectivity index (χ1v) is 27.7. The zero-order chi connectivity index (χ0) is 56.7. The van der Waals surface area contributed by atoms with Gasteiger partial charge < -0.3 is 20.4 Å². The van der Waals surface area contributed by atoms with Gasteiger partial charge in [0.05, 0.1) is 11.1 Å². The topological polar surface area (TPSA) is 129 Å². The molecule has 0 fully saturated rings. The summed E-state index contributed by atoms with van der Waals surface area (Å²) in [5, 5.41) is 33.2. The van der Waals surface area contributed by atoms with E-state index < -0.39 is 0 Å². The minimum atomic E-state index is 0.287. The molecule has 2 aliphatic heterocycles. The molecule has 12 aromatic rings. The summed E-state index contributed by atoms with van der Waals surface area (Å²) in [5.41, 5.74) is 18.0. The SMILES string of the molecule is Cc1ccc(N(c2ccc(/C(C#N)=C(\C#N)c3ccc(N(c4ccc(C)cc4)c4ccc(-c5ccc(N=C6Nc7cccc8cccc6c78)nc5)cc4)cc3)cc2)c2ccc(-c3ccc(N=C4Nc5cccc6cccc4c56)nc3)cc2)cc1. The molecule has 0 amide bonds. The monoisotopic (exact) mass is 1080 g/mol. The van der Waals surface area contributed by atoms with Crippen LogP contribution in [-0.2, 0) is 0 Å². The van der Waals surface area contributed by atoms with E-state index in [1.807, 2.05) is 73.1 Å². The Morgan fingerprint density at radius 1 is 0.369 bits per heavy atom. The van der Waals surface area contributed by atoms with E-state index in [4.69, 9.17) is 20.0 Å². The summed E-state index contributed by atoms with van der Waals surface area (Å²) >= 11 is 0. The number of rotatable bonds is 12. The fraction of sp³-hybridized carbons (Fsp3) is 0.0270. The smallest absolute Gasteiger partial charge is 0.154 e. The van der Waals surface area contributed by atoms with Crippen molar-refractivity contribution in [2.24, 2.45) is 9.98 Å². The number of aromatic nitrogens is 2. The van der Waals surface area contributed by atoms with E-state index in [0.29, 0.717) is 22.8 Å². The molecule has 2 N–H and O–H groups in total. The summed E-state index contributed by atoms with van der Waals surface area (Å²) in [6.45, 7) is 4.15. The van der Waals surface area contributed by atoms with Crippen LogP contribution in [0.15, 0.2) is 265 Å². The van der Waals surface area contributed by atoms with Crippen molar-refractivity contribution in [3.05, 3.63) is 288 Å². The minimum Gasteiger partial charge on any atom is -0.339 e. The minimum absolute atomic E-state index is 0.287. The van der Waals surface area contributed by atoms with Gasteiger partial charge in [-0.15, -0.1) is 0 Å². The third-order valence-corrected chi connectivity index (χ3v) is 15.6. The van der Waals surface area contributed by atoms with Crippen molar-refractivity contribution >= 4 is 101 Å². The van der Waals surface area contributed by atoms with Crippen molar-refractivity contribution < 1.29 is 0 Å². The van der Waals surface area contributed by atoms with Crippen molar-refractivity contribution in [3.63, 3.8) is 0 Å². The number of allylic oxidation sites excluding steroid dienone is 2. The summed E-state index contributed by atoms with van der Waals surface area (Å²) in [6, 6.07) is 87.1. The maximum absolute atomic E-state index is 10.8. The van der Waals surface area contributed by atoms with E-state index in [9.17, 15) is 10.5 Å². The number of benzene rings is 10. The highest BCUT2D eigenvalue weighted by Crippen LogP contribution is 2.41. The third-order valence-electron chi connectivity index (χ3n) is 15.6. The van der Waals surface area contributed by atoms with Gasteiger partial charge in [0.15, 0.2) is 11.6 Å². The molecule has 14 rings (SSSR count). The molecule has 4 heterocycles. The Balaban J connectivity index is 0.704. The predicted molar refractivity (Wildman–Crippen MR) is 344 cm³/mol. The van der Waals surface area contributed by atoms with Crippen molar-refractivity contribution in [1.82, 2.24) is 9.97 Å². The van der Waals surface area contributed by atoms with Gasteiger partial charge >= 0.3 is 0 Å². The predicted octanol–water partition coefficient (Wildman–Crippen LogP) is 18.6. The van der Waals surface area contributed by atoms with E-state index in [1.54, 1.807) is 0 Å². The third kappa shape index (κ3) is 9.52. The van der Waals surface area contributed by atoms with Crippen LogP contribution in [0.25, 0.3) is 54.9 Å². The zero-order valence-electron chi connectivity index (χ0n) is 45.8. The largest absolute Gasteiger partial charge is 0.339 e. The second-order valence-electron chi connectivity index (χ2n) is 20.9. The number of amidine groups is 2. The molecule has 84 heavy (non-hydrogen) atoms. The van der Waals surface area contributed by atoms with Crippen LogP contribution in [0.2, 0.25) is 0 Å². The first-order chi connectivity index (χ1) is 41.3. The number of nitrogens with one attached hydrogen (secondary N) is 2. The van der Waals surface area contributed by atoms with Gasteiger partial charge in [-0.05, 0) is 156 Å². The molecule has 0 saturated heterocycles. The molecule has 10 nitrogen and oxygen atoms in total. The number of aliphatic imine (C=N–C) groups is 2. The van der Waals surface area contributed by atoms with Crippen molar-refractivity contribution in [3.8, 4) is 34.4 Å². The Morgan fingerprint density at radius 2 is 0.690 bits per heavy atom. The van der Waals surface area contributed by atoms with Crippen LogP contribution >= 0.6 is 0 Å². The summed E-state index contributed by atoms with van der Waals surface area (Å²) in [7, 11) is 0. The number of pyridine rings is 2. The molecule has 0 spiro atoms. The Labute approximate surface area is 486 Å². The van der Waals surface area contributed by atoms with Crippen LogP contribution in [0.3, 0.4) is 0 Å². The summed E-state index contributed by atoms with van der Waals surface area (Å²) in [6.07, 6.45) is 3.73. The highest BCUT2D eigenvalue weighted by Gasteiger charge is 2.23. The molecule has 2 aromatic heterocycles. The Morgan fingerprint density at radius 3 is 1.02 bits per heavy atom. The zero-order valence-corrected chi connectivity index (χ0v) is 45.8. The molecular weight excluding hydrogens is 1030 g/mol. The number of hydrogen-bond donors (Lipinski definition) is 2. The lowest BCUT2D eigenvalue weighted by Gasteiger charge is -2.26. The molecule has 0 radical (unpaired) electrons. The van der Waals surface area contributed by atoms with Gasteiger partial charge in [-0.1, -0.05) is 145 Å². The normalized spacial score (nSPS) is 13.3. The van der Waals surface area contributed by atoms with Crippen LogP contribution in [0.1, 0.15) is 33.4 Å². The summed E-state index contributed by atoms with van der Waals surface area (Å²) in [5.74, 6) is 2.83. The standard InChI is InChI=1S/C74H50N10/c1-47-15-29-57(30-16-47)83(59-33-19-49(20-34-59)55-27-41-69(77-45-55)81-73-63-11-3-7-53-9-5-13-67(79-73)71(53)63)61-37-23-51(24-38-61)65(43-75)66(44-76)52-25-39-62(40-26-52)84(58-31-17-48(2)18-32-58)60-35-21-50(22-36-60)56-28-42-70(78-46-56)82-74-64-12-4-8-54-10-6-14-68(80-74)72(54)64/h3-42,45-46H,1-2H3,(H,77,79,81)(H,78,80,82)/b66-65+. The van der Waals surface area contributed by atoms with Crippen molar-refractivity contribution in [2.75, 3.05) is 20.4 Å². The van der Waals surface area contributed by atoms with E-state index in [0.717, 1.165) is 102 Å². The maximum atomic E-state index is 10.8. The fourth-order valence-electron chi connectivity index (χ4n) is 11.3. The quantitative estimate of drug-likeness (QED) is 0.0914. The molecule has 0 bridgehead atoms. The molecular formula is C74H50N10. The van der Waals surface area contributed by atoms with Gasteiger partial charge in [-0.3, -0.25) is 0 Å². The molecule has 0 saturated carbocycles. The molecule has 396 valence electrons. The lowest BCUT2D eigenvalue weighted by Crippen LogP contribution is -2.10. The molecule has 0 atom stereocenters. The van der Waals surface area contributed by atoms with Gasteiger partial charge in [0.1, 0.15) is 23.8 Å². The van der Waals surface area contributed by atoms with Crippen LogP contribution in [0.5, 0.6) is 0 Å². The van der Waals surface area contributed by atoms with Gasteiger partial charge in [0, 0.05) is 90.9 Å². The lowest BCUT2D eigenvalue weighted by molar-refractivity contribution is 1.26. The van der Waals surface area contributed by atoms with Crippen LogP contribution in [0, 0.1) is 36.5 Å². The van der Waals surface area contributed by atoms with Crippen molar-refractivity contribution in [1.29, 1.82) is 10.5 Å². The first kappa shape index (κ1) is 50.5. The van der Waals surface area contributed by atoms with Gasteiger partial charge in [0.25, 0.3) is 0 Å². The average Bonchev–Trinajstić information content (AvgIpc) is 4.26. The molecule has 10 aromatic carbocycles. The summed E-state index contributed by atoms with van der Waals surface area (Å²) < 4.78 is 0. The van der Waals surface area contributed by atoms with Gasteiger partial charge in [-0.25, -0.2) is 20.0 Å². The molecule has 0 aliphatic carbocycles. The Hall–Kier alpha value is -11.7. The Bertz CT molecular complexity index is 4380. The molecule has 0 unspecified atom stereocenters. The van der Waals surface area contributed by atoms with Gasteiger partial charge in [0.2, 0.25) is 0 Å². The number of nitriles is 2. The second-order valence-corrected chi connectivity index (χ2v) is 20.9. The average molecular weight is 1080 g/mol. The maximum Gasteiger partial charge on any atom is 0.154 e. The van der Waals surface area contributed by atoms with E-state index in [2.05, 4.69) is 228 Å². The summed E-state index contributed by atoms with van der Waals surface area (Å²) in [4.78, 5) is 23.7. The van der Waals surface area contributed by atoms with Crippen LogP contribution in [0.4, 0.5) is 57.1 Å². The lowest BCUT2D eigenvalue weighted by atomic mass is 9.95. The number of hydrogen-bond acceptors (Lipinski definition) is 8. The van der Waals surface area contributed by atoms with Gasteiger partial charge in [-0.2, -0.15) is 10.5 Å². The number of anilines is 8.